The van der Waals surface area contributed by atoms with Crippen LogP contribution < -0.4 is 0 Å². The second-order valence-corrected chi connectivity index (χ2v) is 5.24. The van der Waals surface area contributed by atoms with E-state index in [9.17, 15) is 9.90 Å². The molecule has 0 aliphatic carbocycles. The number of rotatable bonds is 4. The second-order valence-electron chi connectivity index (χ2n) is 4.80. The molecule has 6 nitrogen and oxygen atoms in total. The van der Waals surface area contributed by atoms with Crippen LogP contribution in [0.5, 0.6) is 0 Å². The maximum Gasteiger partial charge on any atom is 0.326 e. The minimum Gasteiger partial charge on any atom is -0.480 e. The van der Waals surface area contributed by atoms with Crippen molar-refractivity contribution in [2.45, 2.75) is 19.4 Å². The summed E-state index contributed by atoms with van der Waals surface area (Å²) >= 11 is 5.96. The van der Waals surface area contributed by atoms with Gasteiger partial charge < -0.3 is 5.11 Å². The summed E-state index contributed by atoms with van der Waals surface area (Å²) in [5.74, 6) is -0.379. The third-order valence-electron chi connectivity index (χ3n) is 3.42. The van der Waals surface area contributed by atoms with Crippen LogP contribution in [-0.2, 0) is 4.79 Å². The molecule has 22 heavy (non-hydrogen) atoms. The largest absolute Gasteiger partial charge is 0.480 e. The number of carbonyl (C=O) groups is 1. The van der Waals surface area contributed by atoms with Crippen molar-refractivity contribution in [1.29, 1.82) is 0 Å². The number of imidazole rings is 1. The highest BCUT2D eigenvalue weighted by atomic mass is 35.5. The van der Waals surface area contributed by atoms with Crippen LogP contribution in [0.3, 0.4) is 0 Å². The zero-order valence-electron chi connectivity index (χ0n) is 11.8. The van der Waals surface area contributed by atoms with Gasteiger partial charge in [0.05, 0.1) is 5.02 Å². The Morgan fingerprint density at radius 2 is 2.14 bits per heavy atom. The van der Waals surface area contributed by atoms with Crippen LogP contribution in [0.15, 0.2) is 36.8 Å². The number of aromatic nitrogens is 4. The molecule has 0 bridgehead atoms. The van der Waals surface area contributed by atoms with Gasteiger partial charge in [0.25, 0.3) is 0 Å². The van der Waals surface area contributed by atoms with Crippen LogP contribution in [0.1, 0.15) is 19.4 Å². The zero-order valence-corrected chi connectivity index (χ0v) is 12.5. The van der Waals surface area contributed by atoms with Gasteiger partial charge in [0.1, 0.15) is 17.4 Å². The molecule has 1 N–H and O–H groups in total. The Kier molecular flexibility index (Phi) is 3.77. The lowest BCUT2D eigenvalue weighted by Gasteiger charge is -2.15. The molecular weight excluding hydrogens is 304 g/mol. The van der Waals surface area contributed by atoms with Gasteiger partial charge in [0.15, 0.2) is 5.65 Å². The first-order valence-electron chi connectivity index (χ1n) is 6.78. The number of hydrogen-bond donors (Lipinski definition) is 1. The fraction of sp³-hybridized carbons (Fsp3) is 0.200. The van der Waals surface area contributed by atoms with Crippen LogP contribution in [-0.4, -0.2) is 30.6 Å². The first kappa shape index (κ1) is 14.5. The van der Waals surface area contributed by atoms with Crippen LogP contribution in [0.25, 0.3) is 22.6 Å². The molecule has 1 unspecified atom stereocenters. The summed E-state index contributed by atoms with van der Waals surface area (Å²) in [7, 11) is 0. The van der Waals surface area contributed by atoms with E-state index in [0.29, 0.717) is 28.4 Å². The van der Waals surface area contributed by atoms with Gasteiger partial charge in [0.2, 0.25) is 0 Å². The normalized spacial score (nSPS) is 12.5. The van der Waals surface area contributed by atoms with Crippen LogP contribution >= 0.6 is 11.6 Å². The van der Waals surface area contributed by atoms with Crippen molar-refractivity contribution in [2.24, 2.45) is 0 Å². The number of carboxylic acids is 1. The highest BCUT2D eigenvalue weighted by Crippen LogP contribution is 2.29. The van der Waals surface area contributed by atoms with Crippen LogP contribution in [0, 0.1) is 0 Å². The average molecular weight is 317 g/mol. The predicted molar refractivity (Wildman–Crippen MR) is 82.7 cm³/mol. The van der Waals surface area contributed by atoms with Gasteiger partial charge in [-0.15, -0.1) is 0 Å². The minimum atomic E-state index is -0.922. The standard InChI is InChI=1S/C15H13ClN4O2/c1-2-12(15(21)22)20-13(9-3-5-17-6-4-9)19-11-7-10(16)8-18-14(11)20/h3-8,12H,2H2,1H3,(H,21,22). The first-order valence-corrected chi connectivity index (χ1v) is 7.16. The first-order chi connectivity index (χ1) is 10.6. The highest BCUT2D eigenvalue weighted by molar-refractivity contribution is 6.31. The van der Waals surface area contributed by atoms with E-state index in [-0.39, 0.29) is 0 Å². The summed E-state index contributed by atoms with van der Waals surface area (Å²) in [4.78, 5) is 24.4. The molecule has 0 radical (unpaired) electrons. The molecule has 0 saturated carbocycles. The molecule has 112 valence electrons. The summed E-state index contributed by atoms with van der Waals surface area (Å²) in [5, 5.41) is 9.98. The monoisotopic (exact) mass is 316 g/mol. The Morgan fingerprint density at radius 1 is 1.41 bits per heavy atom. The summed E-state index contributed by atoms with van der Waals surface area (Å²) in [6.07, 6.45) is 5.19. The average Bonchev–Trinajstić information content (AvgIpc) is 2.87. The number of carboxylic acid groups (broad SMARTS) is 1. The van der Waals surface area contributed by atoms with Crippen molar-refractivity contribution >= 4 is 28.7 Å². The molecular formula is C15H13ClN4O2. The lowest BCUT2D eigenvalue weighted by atomic mass is 10.2. The van der Waals surface area contributed by atoms with Gasteiger partial charge in [-0.3, -0.25) is 9.55 Å². The Balaban J connectivity index is 2.33. The Labute approximate surface area is 131 Å². The Morgan fingerprint density at radius 3 is 2.77 bits per heavy atom. The summed E-state index contributed by atoms with van der Waals surface area (Å²) in [6, 6.07) is 4.50. The van der Waals surface area contributed by atoms with Crippen LogP contribution in [0.4, 0.5) is 0 Å². The molecule has 1 atom stereocenters. The third kappa shape index (κ3) is 2.42. The second kappa shape index (κ2) is 5.73. The summed E-state index contributed by atoms with van der Waals surface area (Å²) < 4.78 is 1.64. The van der Waals surface area contributed by atoms with E-state index in [1.54, 1.807) is 35.2 Å². The zero-order chi connectivity index (χ0) is 15.7. The topological polar surface area (TPSA) is 80.9 Å². The molecule has 3 aromatic heterocycles. The number of pyridine rings is 2. The number of nitrogens with zero attached hydrogens (tertiary/aromatic N) is 4. The van der Waals surface area contributed by atoms with Crippen molar-refractivity contribution in [1.82, 2.24) is 19.5 Å². The van der Waals surface area contributed by atoms with E-state index in [0.717, 1.165) is 5.56 Å². The maximum atomic E-state index is 11.6. The Hall–Kier alpha value is -2.47. The van der Waals surface area contributed by atoms with Gasteiger partial charge >= 0.3 is 5.97 Å². The van der Waals surface area contributed by atoms with Crippen molar-refractivity contribution in [3.8, 4) is 11.4 Å². The highest BCUT2D eigenvalue weighted by Gasteiger charge is 2.25. The fourth-order valence-electron chi connectivity index (χ4n) is 2.43. The van der Waals surface area contributed by atoms with Crippen molar-refractivity contribution in [3.05, 3.63) is 41.8 Å². The van der Waals surface area contributed by atoms with E-state index >= 15 is 0 Å². The van der Waals surface area contributed by atoms with E-state index in [1.165, 1.54) is 6.20 Å². The molecule has 3 heterocycles. The smallest absolute Gasteiger partial charge is 0.326 e. The van der Waals surface area contributed by atoms with E-state index in [2.05, 4.69) is 15.0 Å². The molecule has 0 aromatic carbocycles. The van der Waals surface area contributed by atoms with Gasteiger partial charge in [-0.05, 0) is 24.6 Å². The molecule has 0 amide bonds. The lowest BCUT2D eigenvalue weighted by molar-refractivity contribution is -0.140. The molecule has 3 rings (SSSR count). The van der Waals surface area contributed by atoms with E-state index < -0.39 is 12.0 Å². The fourth-order valence-corrected chi connectivity index (χ4v) is 2.58. The Bertz CT molecular complexity index is 832. The van der Waals surface area contributed by atoms with Crippen molar-refractivity contribution in [3.63, 3.8) is 0 Å². The van der Waals surface area contributed by atoms with E-state index in [1.807, 2.05) is 6.92 Å². The number of fused-ring (bicyclic) bond motifs is 1. The van der Waals surface area contributed by atoms with Gasteiger partial charge in [0, 0.05) is 24.2 Å². The van der Waals surface area contributed by atoms with Gasteiger partial charge in [-0.2, -0.15) is 0 Å². The summed E-state index contributed by atoms with van der Waals surface area (Å²) in [5.41, 5.74) is 1.85. The van der Waals surface area contributed by atoms with Crippen molar-refractivity contribution < 1.29 is 9.90 Å². The molecule has 0 fully saturated rings. The molecule has 0 aliphatic rings. The van der Waals surface area contributed by atoms with Crippen molar-refractivity contribution in [2.75, 3.05) is 0 Å². The maximum absolute atomic E-state index is 11.6. The molecule has 0 aliphatic heterocycles. The summed E-state index contributed by atoms with van der Waals surface area (Å²) in [6.45, 7) is 1.82. The number of halogens is 1. The molecule has 7 heteroatoms. The van der Waals surface area contributed by atoms with Crippen LogP contribution in [0.2, 0.25) is 5.02 Å². The lowest BCUT2D eigenvalue weighted by Crippen LogP contribution is -2.19. The molecule has 0 saturated heterocycles. The molecule has 3 aromatic rings. The quantitative estimate of drug-likeness (QED) is 0.799. The van der Waals surface area contributed by atoms with Gasteiger partial charge in [-0.1, -0.05) is 18.5 Å². The predicted octanol–water partition coefficient (Wildman–Crippen LogP) is 3.18. The number of aliphatic carboxylic acids is 1. The minimum absolute atomic E-state index is 0.420. The SMILES string of the molecule is CCC(C(=O)O)n1c(-c2ccncc2)nc2cc(Cl)cnc21. The van der Waals surface area contributed by atoms with Gasteiger partial charge in [-0.25, -0.2) is 14.8 Å². The third-order valence-corrected chi connectivity index (χ3v) is 3.63. The van der Waals surface area contributed by atoms with E-state index in [4.69, 9.17) is 11.6 Å². The number of hydrogen-bond acceptors (Lipinski definition) is 4. The molecule has 0 spiro atoms.